The van der Waals surface area contributed by atoms with Crippen molar-refractivity contribution in [3.05, 3.63) is 35.9 Å². The van der Waals surface area contributed by atoms with Gasteiger partial charge in [0.25, 0.3) is 0 Å². The van der Waals surface area contributed by atoms with Gasteiger partial charge in [0.1, 0.15) is 12.9 Å². The van der Waals surface area contributed by atoms with Gasteiger partial charge in [0, 0.05) is 13.5 Å². The number of hydrogen-bond donors (Lipinski definition) is 0. The quantitative estimate of drug-likeness (QED) is 0.570. The van der Waals surface area contributed by atoms with E-state index < -0.39 is 7.80 Å². The van der Waals surface area contributed by atoms with Crippen LogP contribution in [0.2, 0.25) is 0 Å². The Bertz CT molecular complexity index is 396. The SMILES string of the molecule is COCO[C@H]1C[C@H](COCc2ccccc2)[P+](=O)C1. The van der Waals surface area contributed by atoms with Gasteiger partial charge in [-0.15, -0.1) is 0 Å². The molecule has 2 rings (SSSR count). The molecule has 1 fully saturated rings. The van der Waals surface area contributed by atoms with E-state index in [9.17, 15) is 4.57 Å². The second kappa shape index (κ2) is 7.71. The summed E-state index contributed by atoms with van der Waals surface area (Å²) in [5.41, 5.74) is 1.25. The van der Waals surface area contributed by atoms with E-state index >= 15 is 0 Å². The predicted octanol–water partition coefficient (Wildman–Crippen LogP) is 2.79. The first-order valence-electron chi connectivity index (χ1n) is 6.45. The molecule has 19 heavy (non-hydrogen) atoms. The Morgan fingerprint density at radius 2 is 2.11 bits per heavy atom. The van der Waals surface area contributed by atoms with E-state index in [4.69, 9.17) is 14.2 Å². The summed E-state index contributed by atoms with van der Waals surface area (Å²) in [5, 5.41) is 0. The highest BCUT2D eigenvalue weighted by molar-refractivity contribution is 7.46. The standard InChI is InChI=1S/C14H20O4P/c1-16-11-18-13-7-14(19(15)10-13)9-17-8-12-5-3-2-4-6-12/h2-6,13-14H,7-11H2,1H3/q+1/t13-,14+/m0/s1. The van der Waals surface area contributed by atoms with E-state index in [0.29, 0.717) is 19.4 Å². The Morgan fingerprint density at radius 3 is 2.84 bits per heavy atom. The summed E-state index contributed by atoms with van der Waals surface area (Å²) in [6, 6.07) is 10.0. The van der Waals surface area contributed by atoms with Gasteiger partial charge in [-0.1, -0.05) is 34.9 Å². The molecule has 1 aromatic carbocycles. The van der Waals surface area contributed by atoms with Gasteiger partial charge in [-0.25, -0.2) is 0 Å². The van der Waals surface area contributed by atoms with Crippen LogP contribution in [0.1, 0.15) is 12.0 Å². The van der Waals surface area contributed by atoms with E-state index in [2.05, 4.69) is 0 Å². The lowest BCUT2D eigenvalue weighted by Gasteiger charge is -2.07. The van der Waals surface area contributed by atoms with Crippen LogP contribution in [-0.4, -0.2) is 38.4 Å². The van der Waals surface area contributed by atoms with E-state index in [1.54, 1.807) is 7.11 Å². The van der Waals surface area contributed by atoms with Crippen LogP contribution in [0.3, 0.4) is 0 Å². The Balaban J connectivity index is 1.70. The molecule has 3 atom stereocenters. The number of rotatable bonds is 7. The summed E-state index contributed by atoms with van der Waals surface area (Å²) in [6.07, 6.45) is 1.47. The average molecular weight is 283 g/mol. The fourth-order valence-corrected chi connectivity index (χ4v) is 3.86. The van der Waals surface area contributed by atoms with Crippen molar-refractivity contribution >= 4 is 7.80 Å². The maximum Gasteiger partial charge on any atom is 0.347 e. The highest BCUT2D eigenvalue weighted by Gasteiger charge is 2.43. The van der Waals surface area contributed by atoms with Gasteiger partial charge in [-0.2, -0.15) is 0 Å². The fraction of sp³-hybridized carbons (Fsp3) is 0.571. The number of benzene rings is 1. The summed E-state index contributed by atoms with van der Waals surface area (Å²) in [5.74, 6) is 0. The van der Waals surface area contributed by atoms with Crippen molar-refractivity contribution in [3.63, 3.8) is 0 Å². The molecule has 1 aliphatic heterocycles. The second-order valence-corrected chi connectivity index (χ2v) is 6.61. The van der Waals surface area contributed by atoms with Gasteiger partial charge in [0.05, 0.1) is 13.2 Å². The zero-order chi connectivity index (χ0) is 13.5. The molecule has 1 aromatic rings. The van der Waals surface area contributed by atoms with Crippen LogP contribution in [0.15, 0.2) is 30.3 Å². The summed E-state index contributed by atoms with van der Waals surface area (Å²) >= 11 is 0. The normalized spacial score (nSPS) is 24.8. The molecule has 1 heterocycles. The van der Waals surface area contributed by atoms with Crippen LogP contribution in [0, 0.1) is 0 Å². The molecule has 1 aliphatic rings. The lowest BCUT2D eigenvalue weighted by Crippen LogP contribution is -2.16. The topological polar surface area (TPSA) is 44.8 Å². The van der Waals surface area contributed by atoms with E-state index in [0.717, 1.165) is 12.0 Å². The van der Waals surface area contributed by atoms with Gasteiger partial charge >= 0.3 is 7.80 Å². The Kier molecular flexibility index (Phi) is 5.93. The van der Waals surface area contributed by atoms with E-state index in [1.165, 1.54) is 0 Å². The predicted molar refractivity (Wildman–Crippen MR) is 73.7 cm³/mol. The van der Waals surface area contributed by atoms with Crippen LogP contribution < -0.4 is 0 Å². The molecule has 0 saturated carbocycles. The van der Waals surface area contributed by atoms with E-state index in [-0.39, 0.29) is 18.6 Å². The highest BCUT2D eigenvalue weighted by Crippen LogP contribution is 2.41. The third-order valence-electron chi connectivity index (χ3n) is 3.17. The zero-order valence-electron chi connectivity index (χ0n) is 11.2. The first-order valence-corrected chi connectivity index (χ1v) is 7.97. The van der Waals surface area contributed by atoms with Crippen molar-refractivity contribution in [2.45, 2.75) is 24.8 Å². The molecule has 0 amide bonds. The van der Waals surface area contributed by atoms with Gasteiger partial charge in [0.15, 0.2) is 11.8 Å². The Labute approximate surface area is 114 Å². The molecule has 1 unspecified atom stereocenters. The van der Waals surface area contributed by atoms with Crippen LogP contribution in [-0.2, 0) is 25.4 Å². The molecule has 104 valence electrons. The Morgan fingerprint density at radius 1 is 1.32 bits per heavy atom. The fourth-order valence-electron chi connectivity index (χ4n) is 2.17. The van der Waals surface area contributed by atoms with Gasteiger partial charge in [0.2, 0.25) is 0 Å². The third kappa shape index (κ3) is 4.66. The average Bonchev–Trinajstić information content (AvgIpc) is 2.78. The molecule has 0 bridgehead atoms. The minimum absolute atomic E-state index is 0.0499. The first kappa shape index (κ1) is 14.6. The molecule has 4 nitrogen and oxygen atoms in total. The number of ether oxygens (including phenoxy) is 3. The van der Waals surface area contributed by atoms with Crippen LogP contribution in [0.4, 0.5) is 0 Å². The molecule has 0 aliphatic carbocycles. The smallest absolute Gasteiger partial charge is 0.347 e. The maximum absolute atomic E-state index is 11.9. The monoisotopic (exact) mass is 283 g/mol. The van der Waals surface area contributed by atoms with E-state index in [1.807, 2.05) is 30.3 Å². The maximum atomic E-state index is 11.9. The van der Waals surface area contributed by atoms with Crippen LogP contribution in [0.25, 0.3) is 0 Å². The zero-order valence-corrected chi connectivity index (χ0v) is 12.1. The van der Waals surface area contributed by atoms with Crippen molar-refractivity contribution in [2.75, 3.05) is 26.7 Å². The van der Waals surface area contributed by atoms with Crippen LogP contribution >= 0.6 is 7.80 Å². The summed E-state index contributed by atoms with van der Waals surface area (Å²) in [7, 11) is 0.372. The number of hydrogen-bond acceptors (Lipinski definition) is 4. The molecule has 1 saturated heterocycles. The summed E-state index contributed by atoms with van der Waals surface area (Å²) in [6.45, 7) is 1.38. The highest BCUT2D eigenvalue weighted by atomic mass is 31.1. The lowest BCUT2D eigenvalue weighted by molar-refractivity contribution is -0.0646. The summed E-state index contributed by atoms with van der Waals surface area (Å²) in [4.78, 5) is 0. The summed E-state index contributed by atoms with van der Waals surface area (Å²) < 4.78 is 27.9. The third-order valence-corrected chi connectivity index (χ3v) is 5.11. The van der Waals surface area contributed by atoms with Crippen molar-refractivity contribution in [1.82, 2.24) is 0 Å². The first-order chi connectivity index (χ1) is 9.29. The van der Waals surface area contributed by atoms with Gasteiger partial charge in [-0.3, -0.25) is 0 Å². The van der Waals surface area contributed by atoms with Crippen LogP contribution in [0.5, 0.6) is 0 Å². The van der Waals surface area contributed by atoms with Crippen molar-refractivity contribution < 1.29 is 18.8 Å². The molecule has 0 aromatic heterocycles. The largest absolute Gasteiger partial charge is 0.372 e. The molecule has 0 radical (unpaired) electrons. The minimum Gasteiger partial charge on any atom is -0.372 e. The molecular formula is C14H20O4P+. The molecule has 5 heteroatoms. The van der Waals surface area contributed by atoms with Crippen molar-refractivity contribution in [1.29, 1.82) is 0 Å². The minimum atomic E-state index is -1.22. The molecular weight excluding hydrogens is 263 g/mol. The molecule has 0 N–H and O–H groups in total. The van der Waals surface area contributed by atoms with Crippen molar-refractivity contribution in [2.24, 2.45) is 0 Å². The van der Waals surface area contributed by atoms with Gasteiger partial charge < -0.3 is 14.2 Å². The van der Waals surface area contributed by atoms with Gasteiger partial charge in [-0.05, 0) is 5.56 Å². The lowest BCUT2D eigenvalue weighted by atomic mass is 10.2. The van der Waals surface area contributed by atoms with Crippen molar-refractivity contribution in [3.8, 4) is 0 Å². The molecule has 0 spiro atoms. The number of methoxy groups -OCH3 is 1. The second-order valence-electron chi connectivity index (χ2n) is 4.69. The Hall–Kier alpha value is -0.800.